The average Bonchev–Trinajstić information content (AvgIpc) is 3.23. The molecule has 2 atom stereocenters. The minimum Gasteiger partial charge on any atom is -0.393 e. The van der Waals surface area contributed by atoms with Crippen molar-refractivity contribution in [3.05, 3.63) is 11.8 Å². The lowest BCUT2D eigenvalue weighted by atomic mass is 9.88. The molecule has 3 rings (SSSR count). The first-order valence-corrected chi connectivity index (χ1v) is 11.8. The molecule has 0 spiro atoms. The molecule has 3 N–H and O–H groups in total. The van der Waals surface area contributed by atoms with Gasteiger partial charge in [0.15, 0.2) is 5.82 Å². The van der Waals surface area contributed by atoms with Crippen LogP contribution in [0.5, 0.6) is 0 Å². The SMILES string of the molecule is C[C@@H](COC(F)F)Nc1ncc(C(=O)N[C@H]2CCN(CC(F)F)C2)c(N=CC2CCC(O)CC2)n1. The monoisotopic (exact) mass is 504 g/mol. The number of hydrogen-bond acceptors (Lipinski definition) is 8. The number of nitrogens with zero attached hydrogens (tertiary/aromatic N) is 4. The van der Waals surface area contributed by atoms with E-state index in [4.69, 9.17) is 0 Å². The number of aromatic nitrogens is 2. The summed E-state index contributed by atoms with van der Waals surface area (Å²) in [5.74, 6) is -0.143. The summed E-state index contributed by atoms with van der Waals surface area (Å²) in [7, 11) is 0. The summed E-state index contributed by atoms with van der Waals surface area (Å²) in [6.07, 6.45) is 3.64. The number of nitrogens with one attached hydrogen (secondary N) is 2. The fraction of sp³-hybridized carbons (Fsp3) is 0.727. The Kier molecular flexibility index (Phi) is 10.2. The molecule has 9 nitrogen and oxygen atoms in total. The summed E-state index contributed by atoms with van der Waals surface area (Å²) in [4.78, 5) is 27.4. The van der Waals surface area contributed by atoms with Crippen molar-refractivity contribution in [2.45, 2.75) is 70.3 Å². The molecule has 0 unspecified atom stereocenters. The summed E-state index contributed by atoms with van der Waals surface area (Å²) in [6, 6.07) is -0.818. The smallest absolute Gasteiger partial charge is 0.345 e. The summed E-state index contributed by atoms with van der Waals surface area (Å²) in [5.41, 5.74) is 0.117. The normalized spacial score (nSPS) is 24.4. The molecule has 1 aliphatic carbocycles. The summed E-state index contributed by atoms with van der Waals surface area (Å²) in [6.45, 7) is -1.11. The van der Waals surface area contributed by atoms with E-state index in [1.165, 1.54) is 6.20 Å². The lowest BCUT2D eigenvalue weighted by molar-refractivity contribution is -0.130. The molecule has 2 aliphatic rings. The van der Waals surface area contributed by atoms with Gasteiger partial charge in [-0.15, -0.1) is 0 Å². The summed E-state index contributed by atoms with van der Waals surface area (Å²) in [5, 5.41) is 15.4. The topological polar surface area (TPSA) is 112 Å². The van der Waals surface area contributed by atoms with Gasteiger partial charge in [-0.3, -0.25) is 9.69 Å². The molecule has 1 aliphatic heterocycles. The van der Waals surface area contributed by atoms with Crippen molar-refractivity contribution < 1.29 is 32.2 Å². The minimum absolute atomic E-state index is 0.0992. The lowest BCUT2D eigenvalue weighted by Gasteiger charge is -2.22. The van der Waals surface area contributed by atoms with Gasteiger partial charge in [-0.2, -0.15) is 13.8 Å². The van der Waals surface area contributed by atoms with E-state index in [1.54, 1.807) is 18.0 Å². The molecule has 13 heteroatoms. The van der Waals surface area contributed by atoms with E-state index in [0.717, 1.165) is 12.8 Å². The van der Waals surface area contributed by atoms with Crippen LogP contribution < -0.4 is 10.6 Å². The van der Waals surface area contributed by atoms with Crippen LogP contribution >= 0.6 is 0 Å². The van der Waals surface area contributed by atoms with Gasteiger partial charge < -0.3 is 20.5 Å². The van der Waals surface area contributed by atoms with Crippen molar-refractivity contribution in [3.8, 4) is 0 Å². The first-order chi connectivity index (χ1) is 16.7. The Bertz CT molecular complexity index is 854. The van der Waals surface area contributed by atoms with Gasteiger partial charge in [-0.05, 0) is 44.9 Å². The zero-order chi connectivity index (χ0) is 25.4. The number of ether oxygens (including phenoxy) is 1. The quantitative estimate of drug-likeness (QED) is 0.314. The van der Waals surface area contributed by atoms with Crippen LogP contribution in [0.3, 0.4) is 0 Å². The molecule has 1 aromatic heterocycles. The highest BCUT2D eigenvalue weighted by molar-refractivity contribution is 5.98. The predicted octanol–water partition coefficient (Wildman–Crippen LogP) is 2.84. The molecule has 1 aromatic rings. The number of amides is 1. The molecule has 0 bridgehead atoms. The van der Waals surface area contributed by atoms with Gasteiger partial charge in [0.1, 0.15) is 5.56 Å². The van der Waals surface area contributed by atoms with E-state index in [2.05, 4.69) is 30.3 Å². The number of aliphatic hydroxyl groups is 1. The summed E-state index contributed by atoms with van der Waals surface area (Å²) >= 11 is 0. The molecular formula is C22H32F4N6O3. The van der Waals surface area contributed by atoms with Crippen LogP contribution in [0, 0.1) is 5.92 Å². The second-order valence-electron chi connectivity index (χ2n) is 9.03. The highest BCUT2D eigenvalue weighted by Gasteiger charge is 2.27. The van der Waals surface area contributed by atoms with Gasteiger partial charge in [0.2, 0.25) is 5.95 Å². The van der Waals surface area contributed by atoms with Crippen LogP contribution in [0.1, 0.15) is 49.4 Å². The fourth-order valence-corrected chi connectivity index (χ4v) is 4.18. The van der Waals surface area contributed by atoms with Crippen LogP contribution in [0.2, 0.25) is 0 Å². The molecule has 35 heavy (non-hydrogen) atoms. The van der Waals surface area contributed by atoms with Crippen molar-refractivity contribution in [1.29, 1.82) is 0 Å². The van der Waals surface area contributed by atoms with E-state index in [1.807, 2.05) is 0 Å². The molecule has 2 heterocycles. The van der Waals surface area contributed by atoms with Crippen LogP contribution in [-0.2, 0) is 4.74 Å². The van der Waals surface area contributed by atoms with Crippen LogP contribution in [-0.4, -0.2) is 89.6 Å². The number of likely N-dealkylation sites (tertiary alicyclic amines) is 1. The molecule has 1 saturated carbocycles. The highest BCUT2D eigenvalue weighted by atomic mass is 19.3. The number of rotatable bonds is 11. The number of alkyl halides is 4. The van der Waals surface area contributed by atoms with E-state index in [9.17, 15) is 27.5 Å². The largest absolute Gasteiger partial charge is 0.393 e. The van der Waals surface area contributed by atoms with Crippen molar-refractivity contribution in [2.24, 2.45) is 10.9 Å². The van der Waals surface area contributed by atoms with E-state index in [0.29, 0.717) is 32.4 Å². The maximum atomic E-state index is 13.0. The fourth-order valence-electron chi connectivity index (χ4n) is 4.18. The number of hydrogen-bond donors (Lipinski definition) is 3. The zero-order valence-electron chi connectivity index (χ0n) is 19.5. The van der Waals surface area contributed by atoms with Gasteiger partial charge in [0.05, 0.1) is 19.3 Å². The van der Waals surface area contributed by atoms with E-state index in [-0.39, 0.29) is 48.5 Å². The third-order valence-electron chi connectivity index (χ3n) is 6.01. The second-order valence-corrected chi connectivity index (χ2v) is 9.03. The molecule has 1 saturated heterocycles. The van der Waals surface area contributed by atoms with Crippen molar-refractivity contribution in [2.75, 3.05) is 31.6 Å². The van der Waals surface area contributed by atoms with Crippen molar-refractivity contribution in [3.63, 3.8) is 0 Å². The van der Waals surface area contributed by atoms with E-state index >= 15 is 0 Å². The second kappa shape index (κ2) is 13.1. The highest BCUT2D eigenvalue weighted by Crippen LogP contribution is 2.25. The van der Waals surface area contributed by atoms with E-state index < -0.39 is 25.0 Å². The standard InChI is InChI=1S/C22H32F4N6O3/c1-13(12-35-21(25)26)29-22-28-9-17(19(31-22)27-8-14-2-4-16(33)5-3-14)20(34)30-15-6-7-32(10-15)11-18(23)24/h8-9,13-16,18,21,33H,2-7,10-12H2,1H3,(H,30,34)(H,28,29,31)/t13-,14?,15-,16?/m0/s1. The first kappa shape index (κ1) is 27.2. The third-order valence-corrected chi connectivity index (χ3v) is 6.01. The molecule has 0 aromatic carbocycles. The number of aliphatic imine (C=N–C) groups is 1. The Balaban J connectivity index is 1.71. The molecule has 0 radical (unpaired) electrons. The van der Waals surface area contributed by atoms with Gasteiger partial charge >= 0.3 is 6.61 Å². The average molecular weight is 505 g/mol. The van der Waals surface area contributed by atoms with Gasteiger partial charge in [-0.25, -0.2) is 18.8 Å². The number of carbonyl (C=O) groups excluding carboxylic acids is 1. The Morgan fingerprint density at radius 2 is 2.03 bits per heavy atom. The predicted molar refractivity (Wildman–Crippen MR) is 122 cm³/mol. The summed E-state index contributed by atoms with van der Waals surface area (Å²) < 4.78 is 54.2. The van der Waals surface area contributed by atoms with Gasteiger partial charge in [0.25, 0.3) is 12.3 Å². The maximum absolute atomic E-state index is 13.0. The Hall–Kier alpha value is -2.38. The Morgan fingerprint density at radius 3 is 2.71 bits per heavy atom. The minimum atomic E-state index is -2.90. The molecule has 2 fully saturated rings. The first-order valence-electron chi connectivity index (χ1n) is 11.8. The number of carbonyl (C=O) groups is 1. The van der Waals surface area contributed by atoms with Gasteiger partial charge in [-0.1, -0.05) is 0 Å². The Labute approximate surface area is 201 Å². The molecule has 1 amide bonds. The van der Waals surface area contributed by atoms with Gasteiger partial charge in [0, 0.05) is 37.6 Å². The van der Waals surface area contributed by atoms with Crippen molar-refractivity contribution >= 4 is 23.9 Å². The van der Waals surface area contributed by atoms with Crippen molar-refractivity contribution in [1.82, 2.24) is 20.2 Å². The third kappa shape index (κ3) is 8.97. The number of anilines is 1. The molecule has 196 valence electrons. The zero-order valence-corrected chi connectivity index (χ0v) is 19.5. The van der Waals surface area contributed by atoms with Crippen LogP contribution in [0.4, 0.5) is 29.3 Å². The Morgan fingerprint density at radius 1 is 1.29 bits per heavy atom. The van der Waals surface area contributed by atoms with Crippen LogP contribution in [0.15, 0.2) is 11.2 Å². The van der Waals surface area contributed by atoms with Crippen LogP contribution in [0.25, 0.3) is 0 Å². The maximum Gasteiger partial charge on any atom is 0.345 e. The molecular weight excluding hydrogens is 472 g/mol. The number of halogens is 4. The number of aliphatic hydroxyl groups excluding tert-OH is 1. The lowest BCUT2D eigenvalue weighted by Crippen LogP contribution is -2.38.